The van der Waals surface area contributed by atoms with E-state index < -0.39 is 0 Å². The Bertz CT molecular complexity index is 435. The lowest BCUT2D eigenvalue weighted by atomic mass is 10.2. The molecule has 1 aliphatic rings. The highest BCUT2D eigenvalue weighted by molar-refractivity contribution is 4.93. The molecule has 0 bridgehead atoms. The van der Waals surface area contributed by atoms with Gasteiger partial charge in [-0.2, -0.15) is 0 Å². The predicted molar refractivity (Wildman–Crippen MR) is 78.4 cm³/mol. The zero-order valence-corrected chi connectivity index (χ0v) is 12.0. The van der Waals surface area contributed by atoms with Crippen molar-refractivity contribution in [2.45, 2.75) is 45.3 Å². The van der Waals surface area contributed by atoms with Crippen molar-refractivity contribution >= 4 is 0 Å². The summed E-state index contributed by atoms with van der Waals surface area (Å²) in [7, 11) is 0. The lowest BCUT2D eigenvalue weighted by Gasteiger charge is -2.29. The van der Waals surface area contributed by atoms with Crippen LogP contribution in [0.1, 0.15) is 26.7 Å². The summed E-state index contributed by atoms with van der Waals surface area (Å²) in [6, 6.07) is 6.47. The van der Waals surface area contributed by atoms with Gasteiger partial charge in [-0.05, 0) is 39.3 Å². The summed E-state index contributed by atoms with van der Waals surface area (Å²) in [5.41, 5.74) is 0.0881. The van der Waals surface area contributed by atoms with Gasteiger partial charge >= 0.3 is 0 Å². The molecule has 19 heavy (non-hydrogen) atoms. The number of pyridine rings is 1. The van der Waals surface area contributed by atoms with E-state index in [2.05, 4.69) is 24.1 Å². The maximum Gasteiger partial charge on any atom is 0.250 e. The predicted octanol–water partition coefficient (Wildman–Crippen LogP) is 1.31. The molecular formula is C15H25N3O. The van der Waals surface area contributed by atoms with Crippen LogP contribution in [0.25, 0.3) is 0 Å². The van der Waals surface area contributed by atoms with Gasteiger partial charge in [0.05, 0.1) is 0 Å². The second-order valence-corrected chi connectivity index (χ2v) is 5.61. The van der Waals surface area contributed by atoms with Gasteiger partial charge < -0.3 is 9.88 Å². The highest BCUT2D eigenvalue weighted by atomic mass is 16.1. The molecule has 1 fully saturated rings. The van der Waals surface area contributed by atoms with Gasteiger partial charge in [0, 0.05) is 44.0 Å². The van der Waals surface area contributed by atoms with Gasteiger partial charge in [0.2, 0.25) is 0 Å². The van der Waals surface area contributed by atoms with Crippen molar-refractivity contribution in [2.75, 3.05) is 19.6 Å². The number of nitrogens with one attached hydrogen (secondary N) is 1. The van der Waals surface area contributed by atoms with Gasteiger partial charge in [0.25, 0.3) is 5.56 Å². The minimum Gasteiger partial charge on any atom is -0.314 e. The molecule has 0 aromatic carbocycles. The quantitative estimate of drug-likeness (QED) is 0.841. The Morgan fingerprint density at radius 3 is 2.95 bits per heavy atom. The molecule has 0 radical (unpaired) electrons. The van der Waals surface area contributed by atoms with Crippen molar-refractivity contribution in [1.82, 2.24) is 14.8 Å². The summed E-state index contributed by atoms with van der Waals surface area (Å²) in [6.45, 7) is 8.38. The van der Waals surface area contributed by atoms with E-state index in [-0.39, 0.29) is 5.56 Å². The molecule has 1 aromatic heterocycles. The Morgan fingerprint density at radius 2 is 2.32 bits per heavy atom. The van der Waals surface area contributed by atoms with Crippen LogP contribution in [-0.2, 0) is 6.54 Å². The summed E-state index contributed by atoms with van der Waals surface area (Å²) < 4.78 is 1.79. The summed E-state index contributed by atoms with van der Waals surface area (Å²) in [5, 5.41) is 3.54. The zero-order chi connectivity index (χ0) is 13.7. The van der Waals surface area contributed by atoms with Crippen LogP contribution in [0.5, 0.6) is 0 Å². The maximum atomic E-state index is 11.7. The molecule has 4 nitrogen and oxygen atoms in total. The molecular weight excluding hydrogens is 238 g/mol. The molecule has 1 N–H and O–H groups in total. The Kier molecular flexibility index (Phi) is 5.16. The Balaban J connectivity index is 1.89. The average molecular weight is 263 g/mol. The summed E-state index contributed by atoms with van der Waals surface area (Å²) in [5.74, 6) is 0. The smallest absolute Gasteiger partial charge is 0.250 e. The van der Waals surface area contributed by atoms with Gasteiger partial charge in [-0.25, -0.2) is 0 Å². The number of nitrogens with zero attached hydrogens (tertiary/aromatic N) is 2. The van der Waals surface area contributed by atoms with Crippen LogP contribution < -0.4 is 10.9 Å². The molecule has 4 heteroatoms. The molecule has 1 atom stereocenters. The van der Waals surface area contributed by atoms with Crippen LogP contribution in [0.15, 0.2) is 29.2 Å². The van der Waals surface area contributed by atoms with Gasteiger partial charge in [0.1, 0.15) is 0 Å². The lowest BCUT2D eigenvalue weighted by Crippen LogP contribution is -2.43. The number of rotatable bonds is 6. The van der Waals surface area contributed by atoms with Crippen LogP contribution in [0.2, 0.25) is 0 Å². The third kappa shape index (κ3) is 4.18. The fourth-order valence-corrected chi connectivity index (χ4v) is 2.64. The first-order valence-electron chi connectivity index (χ1n) is 7.29. The fourth-order valence-electron chi connectivity index (χ4n) is 2.64. The molecule has 1 aromatic rings. The Labute approximate surface area is 115 Å². The summed E-state index contributed by atoms with van der Waals surface area (Å²) >= 11 is 0. The Morgan fingerprint density at radius 1 is 1.47 bits per heavy atom. The van der Waals surface area contributed by atoms with Gasteiger partial charge in [-0.1, -0.05) is 6.07 Å². The molecule has 0 amide bonds. The van der Waals surface area contributed by atoms with Crippen molar-refractivity contribution in [3.8, 4) is 0 Å². The van der Waals surface area contributed by atoms with E-state index in [9.17, 15) is 4.79 Å². The van der Waals surface area contributed by atoms with Crippen LogP contribution in [0, 0.1) is 0 Å². The molecule has 2 heterocycles. The van der Waals surface area contributed by atoms with E-state index in [0.717, 1.165) is 26.2 Å². The molecule has 106 valence electrons. The number of hydrogen-bond donors (Lipinski definition) is 1. The van der Waals surface area contributed by atoms with Crippen molar-refractivity contribution in [3.05, 3.63) is 34.7 Å². The normalized spacial score (nSPS) is 19.5. The zero-order valence-electron chi connectivity index (χ0n) is 12.0. The monoisotopic (exact) mass is 263 g/mol. The van der Waals surface area contributed by atoms with Gasteiger partial charge in [-0.15, -0.1) is 0 Å². The van der Waals surface area contributed by atoms with Crippen LogP contribution in [0.3, 0.4) is 0 Å². The molecule has 2 rings (SSSR count). The average Bonchev–Trinajstić information content (AvgIpc) is 2.88. The number of hydrogen-bond acceptors (Lipinski definition) is 3. The van der Waals surface area contributed by atoms with E-state index in [1.807, 2.05) is 12.3 Å². The minimum absolute atomic E-state index is 0.0881. The van der Waals surface area contributed by atoms with Crippen molar-refractivity contribution in [2.24, 2.45) is 0 Å². The maximum absolute atomic E-state index is 11.7. The Hall–Kier alpha value is -1.13. The summed E-state index contributed by atoms with van der Waals surface area (Å²) in [4.78, 5) is 14.1. The first-order chi connectivity index (χ1) is 9.16. The van der Waals surface area contributed by atoms with E-state index in [1.54, 1.807) is 16.7 Å². The second-order valence-electron chi connectivity index (χ2n) is 5.61. The van der Waals surface area contributed by atoms with Crippen molar-refractivity contribution < 1.29 is 0 Å². The van der Waals surface area contributed by atoms with Crippen LogP contribution >= 0.6 is 0 Å². The molecule has 0 aliphatic carbocycles. The molecule has 0 spiro atoms. The van der Waals surface area contributed by atoms with E-state index in [4.69, 9.17) is 0 Å². The molecule has 0 saturated carbocycles. The number of aromatic nitrogens is 1. The topological polar surface area (TPSA) is 37.3 Å². The van der Waals surface area contributed by atoms with E-state index >= 15 is 0 Å². The first kappa shape index (κ1) is 14.3. The molecule has 1 saturated heterocycles. The van der Waals surface area contributed by atoms with E-state index in [0.29, 0.717) is 12.1 Å². The first-order valence-corrected chi connectivity index (χ1v) is 7.29. The highest BCUT2D eigenvalue weighted by Gasteiger charge is 2.19. The lowest BCUT2D eigenvalue weighted by molar-refractivity contribution is 0.194. The van der Waals surface area contributed by atoms with Gasteiger partial charge in [-0.3, -0.25) is 9.69 Å². The van der Waals surface area contributed by atoms with E-state index in [1.165, 1.54) is 12.8 Å². The minimum atomic E-state index is 0.0881. The van der Waals surface area contributed by atoms with Crippen molar-refractivity contribution in [1.29, 1.82) is 0 Å². The SMILES string of the molecule is CC(C)N(CCn1ccccc1=O)CC1CCCN1. The fraction of sp³-hybridized carbons (Fsp3) is 0.667. The third-order valence-corrected chi connectivity index (χ3v) is 3.87. The van der Waals surface area contributed by atoms with Crippen molar-refractivity contribution in [3.63, 3.8) is 0 Å². The molecule has 1 aliphatic heterocycles. The van der Waals surface area contributed by atoms with Crippen LogP contribution in [-0.4, -0.2) is 41.2 Å². The standard InChI is InChI=1S/C15H25N3O/c1-13(2)18(12-14-6-5-8-16-14)11-10-17-9-4-3-7-15(17)19/h3-4,7,9,13-14,16H,5-6,8,10-12H2,1-2H3. The second kappa shape index (κ2) is 6.87. The van der Waals surface area contributed by atoms with Crippen LogP contribution in [0.4, 0.5) is 0 Å². The summed E-state index contributed by atoms with van der Waals surface area (Å²) in [6.07, 6.45) is 4.43. The van der Waals surface area contributed by atoms with Gasteiger partial charge in [0.15, 0.2) is 0 Å². The highest BCUT2D eigenvalue weighted by Crippen LogP contribution is 2.09. The molecule has 1 unspecified atom stereocenters. The largest absolute Gasteiger partial charge is 0.314 e. The third-order valence-electron chi connectivity index (χ3n) is 3.87.